The van der Waals surface area contributed by atoms with E-state index in [1.165, 1.54) is 24.4 Å². The highest BCUT2D eigenvalue weighted by Gasteiger charge is 2.19. The van der Waals surface area contributed by atoms with Crippen molar-refractivity contribution in [2.75, 3.05) is 5.75 Å². The molecule has 0 radical (unpaired) electrons. The standard InChI is InChI=1S/C17H13FN2O2S/c1-3-12-7-8-20-16(15(12)17(21)23-4-2)22-14-6-5-11(10-19)9-13(14)18/h3,5-9H,1,4H2,2H3. The SMILES string of the molecule is C=Cc1ccnc(Oc2ccc(C#N)cc2F)c1C(=O)SCC. The Bertz CT molecular complexity index is 800. The van der Waals surface area contributed by atoms with Gasteiger partial charge in [-0.15, -0.1) is 0 Å². The first-order chi connectivity index (χ1) is 11.1. The Morgan fingerprint density at radius 2 is 2.30 bits per heavy atom. The minimum absolute atomic E-state index is 0.0111. The van der Waals surface area contributed by atoms with E-state index in [1.54, 1.807) is 6.07 Å². The van der Waals surface area contributed by atoms with Crippen molar-refractivity contribution in [1.82, 2.24) is 4.98 Å². The number of hydrogen-bond donors (Lipinski definition) is 0. The summed E-state index contributed by atoms with van der Waals surface area (Å²) in [5.41, 5.74) is 0.994. The lowest BCUT2D eigenvalue weighted by Crippen LogP contribution is -2.04. The van der Waals surface area contributed by atoms with Gasteiger partial charge in [0.2, 0.25) is 11.0 Å². The van der Waals surface area contributed by atoms with E-state index in [0.717, 1.165) is 17.8 Å². The number of halogens is 1. The van der Waals surface area contributed by atoms with Gasteiger partial charge in [0.25, 0.3) is 0 Å². The molecule has 4 nitrogen and oxygen atoms in total. The average Bonchev–Trinajstić information content (AvgIpc) is 2.56. The van der Waals surface area contributed by atoms with Crippen molar-refractivity contribution >= 4 is 23.0 Å². The number of aromatic nitrogens is 1. The molecule has 0 aliphatic rings. The Morgan fingerprint density at radius 3 is 2.91 bits per heavy atom. The fourth-order valence-electron chi connectivity index (χ4n) is 1.87. The Kier molecular flexibility index (Phi) is 5.50. The number of carbonyl (C=O) groups excluding carboxylic acids is 1. The van der Waals surface area contributed by atoms with Crippen LogP contribution in [0.5, 0.6) is 11.6 Å². The third-order valence-electron chi connectivity index (χ3n) is 2.92. The molecule has 6 heteroatoms. The fraction of sp³-hybridized carbons (Fsp3) is 0.118. The number of benzene rings is 1. The molecule has 1 aromatic heterocycles. The predicted octanol–water partition coefficient (Wildman–Crippen LogP) is 4.42. The summed E-state index contributed by atoms with van der Waals surface area (Å²) in [7, 11) is 0. The van der Waals surface area contributed by atoms with Gasteiger partial charge in [-0.3, -0.25) is 4.79 Å². The minimum atomic E-state index is -0.698. The van der Waals surface area contributed by atoms with Crippen molar-refractivity contribution in [2.24, 2.45) is 0 Å². The van der Waals surface area contributed by atoms with Crippen LogP contribution < -0.4 is 4.74 Å². The van der Waals surface area contributed by atoms with E-state index in [4.69, 9.17) is 10.00 Å². The van der Waals surface area contributed by atoms with Crippen molar-refractivity contribution < 1.29 is 13.9 Å². The molecule has 0 aliphatic carbocycles. The number of carbonyl (C=O) groups is 1. The summed E-state index contributed by atoms with van der Waals surface area (Å²) in [6, 6.07) is 7.30. The Balaban J connectivity index is 2.46. The third-order valence-corrected chi connectivity index (χ3v) is 3.67. The summed E-state index contributed by atoms with van der Waals surface area (Å²) < 4.78 is 19.4. The number of nitriles is 1. The lowest BCUT2D eigenvalue weighted by Gasteiger charge is -2.12. The summed E-state index contributed by atoms with van der Waals surface area (Å²) in [5, 5.41) is 8.54. The topological polar surface area (TPSA) is 63.0 Å². The van der Waals surface area contributed by atoms with Gasteiger partial charge in [0.1, 0.15) is 0 Å². The summed E-state index contributed by atoms with van der Waals surface area (Å²) in [4.78, 5) is 16.3. The van der Waals surface area contributed by atoms with E-state index < -0.39 is 5.82 Å². The van der Waals surface area contributed by atoms with Crippen LogP contribution in [-0.4, -0.2) is 15.9 Å². The molecule has 0 amide bonds. The summed E-state index contributed by atoms with van der Waals surface area (Å²) in [6.45, 7) is 5.52. The van der Waals surface area contributed by atoms with E-state index in [9.17, 15) is 9.18 Å². The molecule has 116 valence electrons. The average molecular weight is 328 g/mol. The first-order valence-corrected chi connectivity index (χ1v) is 7.75. The molecule has 1 aromatic carbocycles. The van der Waals surface area contributed by atoms with E-state index in [0.29, 0.717) is 11.3 Å². The zero-order valence-corrected chi connectivity index (χ0v) is 13.2. The van der Waals surface area contributed by atoms with Crippen LogP contribution in [0.4, 0.5) is 4.39 Å². The van der Waals surface area contributed by atoms with Crippen LogP contribution in [0.2, 0.25) is 0 Å². The lowest BCUT2D eigenvalue weighted by molar-refractivity contribution is 0.108. The molecule has 2 aromatic rings. The Labute approximate surface area is 137 Å². The number of nitrogens with zero attached hydrogens (tertiary/aromatic N) is 2. The van der Waals surface area contributed by atoms with Gasteiger partial charge < -0.3 is 4.74 Å². The molecular formula is C17H13FN2O2S. The van der Waals surface area contributed by atoms with Crippen molar-refractivity contribution in [3.8, 4) is 17.7 Å². The molecule has 0 N–H and O–H groups in total. The molecule has 0 atom stereocenters. The Hall–Kier alpha value is -2.65. The maximum atomic E-state index is 14.0. The second kappa shape index (κ2) is 7.56. The maximum absolute atomic E-state index is 14.0. The molecule has 0 spiro atoms. The Morgan fingerprint density at radius 1 is 1.52 bits per heavy atom. The van der Waals surface area contributed by atoms with Gasteiger partial charge in [-0.05, 0) is 35.6 Å². The van der Waals surface area contributed by atoms with E-state index in [-0.39, 0.29) is 27.9 Å². The highest BCUT2D eigenvalue weighted by molar-refractivity contribution is 8.14. The second-order valence-electron chi connectivity index (χ2n) is 4.36. The maximum Gasteiger partial charge on any atom is 0.231 e. The second-order valence-corrected chi connectivity index (χ2v) is 5.60. The first-order valence-electron chi connectivity index (χ1n) is 6.76. The summed E-state index contributed by atoms with van der Waals surface area (Å²) >= 11 is 1.11. The number of hydrogen-bond acceptors (Lipinski definition) is 5. The molecule has 1 heterocycles. The number of pyridine rings is 1. The van der Waals surface area contributed by atoms with E-state index in [1.807, 2.05) is 13.0 Å². The minimum Gasteiger partial charge on any atom is -0.435 e. The van der Waals surface area contributed by atoms with Crippen molar-refractivity contribution in [1.29, 1.82) is 5.26 Å². The van der Waals surface area contributed by atoms with Gasteiger partial charge in [-0.1, -0.05) is 31.3 Å². The monoisotopic (exact) mass is 328 g/mol. The molecule has 0 saturated heterocycles. The van der Waals surface area contributed by atoms with Crippen LogP contribution in [0, 0.1) is 17.1 Å². The zero-order chi connectivity index (χ0) is 16.8. The molecule has 0 saturated carbocycles. The smallest absolute Gasteiger partial charge is 0.231 e. The molecule has 23 heavy (non-hydrogen) atoms. The molecule has 0 aliphatic heterocycles. The highest BCUT2D eigenvalue weighted by Crippen LogP contribution is 2.31. The van der Waals surface area contributed by atoms with Gasteiger partial charge in [-0.2, -0.15) is 5.26 Å². The van der Waals surface area contributed by atoms with Crippen LogP contribution in [0.15, 0.2) is 37.0 Å². The molecule has 0 fully saturated rings. The predicted molar refractivity (Wildman–Crippen MR) is 88.0 cm³/mol. The van der Waals surface area contributed by atoms with Crippen LogP contribution in [-0.2, 0) is 0 Å². The number of rotatable bonds is 5. The lowest BCUT2D eigenvalue weighted by atomic mass is 10.1. The number of ether oxygens (including phenoxy) is 1. The first kappa shape index (κ1) is 16.7. The largest absolute Gasteiger partial charge is 0.435 e. The number of thioether (sulfide) groups is 1. The van der Waals surface area contributed by atoms with Gasteiger partial charge in [-0.25, -0.2) is 9.37 Å². The molecule has 0 bridgehead atoms. The van der Waals surface area contributed by atoms with Crippen molar-refractivity contribution in [3.63, 3.8) is 0 Å². The van der Waals surface area contributed by atoms with Gasteiger partial charge >= 0.3 is 0 Å². The van der Waals surface area contributed by atoms with E-state index in [2.05, 4.69) is 11.6 Å². The summed E-state index contributed by atoms with van der Waals surface area (Å²) in [6.07, 6.45) is 2.98. The van der Waals surface area contributed by atoms with Crippen molar-refractivity contribution in [2.45, 2.75) is 6.92 Å². The van der Waals surface area contributed by atoms with Gasteiger partial charge in [0.15, 0.2) is 11.6 Å². The van der Waals surface area contributed by atoms with Crippen molar-refractivity contribution in [3.05, 3.63) is 59.5 Å². The van der Waals surface area contributed by atoms with Gasteiger partial charge in [0, 0.05) is 6.20 Å². The van der Waals surface area contributed by atoms with Crippen LogP contribution in [0.25, 0.3) is 6.08 Å². The fourth-order valence-corrected chi connectivity index (χ4v) is 2.48. The summed E-state index contributed by atoms with van der Waals surface area (Å²) in [5.74, 6) is -0.198. The molecule has 0 unspecified atom stereocenters. The quantitative estimate of drug-likeness (QED) is 0.813. The van der Waals surface area contributed by atoms with Crippen LogP contribution in [0.3, 0.4) is 0 Å². The van der Waals surface area contributed by atoms with E-state index >= 15 is 0 Å². The normalized spacial score (nSPS) is 9.96. The van der Waals surface area contributed by atoms with Crippen LogP contribution >= 0.6 is 11.8 Å². The molecular weight excluding hydrogens is 315 g/mol. The van der Waals surface area contributed by atoms with Crippen LogP contribution in [0.1, 0.15) is 28.4 Å². The zero-order valence-electron chi connectivity index (χ0n) is 12.4. The third kappa shape index (κ3) is 3.76. The highest BCUT2D eigenvalue weighted by atomic mass is 32.2. The molecule has 2 rings (SSSR count). The van der Waals surface area contributed by atoms with Gasteiger partial charge in [0.05, 0.1) is 17.2 Å².